The first-order valence-electron chi connectivity index (χ1n) is 8.56. The van der Waals surface area contributed by atoms with Gasteiger partial charge in [-0.1, -0.05) is 11.2 Å². The summed E-state index contributed by atoms with van der Waals surface area (Å²) in [5.74, 6) is 2.66. The number of likely N-dealkylation sites (tertiary alicyclic amines) is 1. The number of amides is 1. The monoisotopic (exact) mass is 356 g/mol. The zero-order valence-electron chi connectivity index (χ0n) is 14.1. The quantitative estimate of drug-likeness (QED) is 0.670. The van der Waals surface area contributed by atoms with Gasteiger partial charge in [0.15, 0.2) is 0 Å². The van der Waals surface area contributed by atoms with Gasteiger partial charge in [-0.2, -0.15) is 0 Å². The summed E-state index contributed by atoms with van der Waals surface area (Å²) in [5.41, 5.74) is 0.862. The van der Waals surface area contributed by atoms with Crippen LogP contribution in [0.15, 0.2) is 44.7 Å². The second-order valence-electron chi connectivity index (χ2n) is 6.35. The summed E-state index contributed by atoms with van der Waals surface area (Å²) >= 11 is 1.65. The largest absolute Gasteiger partial charge is 0.460 e. The zero-order chi connectivity index (χ0) is 17.2. The molecule has 6 heteroatoms. The molecule has 3 aromatic heterocycles. The molecule has 0 aliphatic carbocycles. The molecule has 0 N–H and O–H groups in total. The van der Waals surface area contributed by atoms with Crippen LogP contribution in [0.4, 0.5) is 0 Å². The van der Waals surface area contributed by atoms with Crippen LogP contribution in [-0.4, -0.2) is 22.5 Å². The molecule has 3 aromatic rings. The minimum Gasteiger partial charge on any atom is -0.460 e. The Balaban J connectivity index is 1.38. The van der Waals surface area contributed by atoms with Crippen LogP contribution < -0.4 is 0 Å². The highest BCUT2D eigenvalue weighted by molar-refractivity contribution is 7.13. The fourth-order valence-electron chi connectivity index (χ4n) is 3.35. The Morgan fingerprint density at radius 3 is 3.08 bits per heavy atom. The number of thiophene rings is 1. The summed E-state index contributed by atoms with van der Waals surface area (Å²) in [4.78, 5) is 15.7. The Hall–Kier alpha value is -2.34. The molecule has 5 nitrogen and oxygen atoms in total. The van der Waals surface area contributed by atoms with Gasteiger partial charge in [0.1, 0.15) is 23.0 Å². The van der Waals surface area contributed by atoms with Gasteiger partial charge in [0, 0.05) is 25.5 Å². The third kappa shape index (κ3) is 3.39. The van der Waals surface area contributed by atoms with Gasteiger partial charge in [-0.15, -0.1) is 11.3 Å². The number of hydrogen-bond donors (Lipinski definition) is 0. The predicted octanol–water partition coefficient (Wildman–Crippen LogP) is 4.60. The van der Waals surface area contributed by atoms with Gasteiger partial charge in [0.05, 0.1) is 10.9 Å². The van der Waals surface area contributed by atoms with Crippen molar-refractivity contribution in [1.29, 1.82) is 0 Å². The van der Waals surface area contributed by atoms with Crippen LogP contribution in [0.3, 0.4) is 0 Å². The van der Waals surface area contributed by atoms with Gasteiger partial charge < -0.3 is 13.8 Å². The SMILES string of the molecule is Cc1cc([C@@H]2CCCN2C(=O)CCc2ccc(-c3cccs3)o2)no1. The van der Waals surface area contributed by atoms with Crippen molar-refractivity contribution in [3.63, 3.8) is 0 Å². The van der Waals surface area contributed by atoms with E-state index in [1.54, 1.807) is 11.3 Å². The number of nitrogens with zero attached hydrogens (tertiary/aromatic N) is 2. The van der Waals surface area contributed by atoms with Crippen molar-refractivity contribution in [2.24, 2.45) is 0 Å². The van der Waals surface area contributed by atoms with Gasteiger partial charge in [0.2, 0.25) is 5.91 Å². The van der Waals surface area contributed by atoms with Crippen LogP contribution in [-0.2, 0) is 11.2 Å². The number of furan rings is 1. The molecule has 130 valence electrons. The third-order valence-corrected chi connectivity index (χ3v) is 5.46. The van der Waals surface area contributed by atoms with Crippen molar-refractivity contribution >= 4 is 17.2 Å². The van der Waals surface area contributed by atoms with Crippen LogP contribution in [0, 0.1) is 6.92 Å². The van der Waals surface area contributed by atoms with E-state index >= 15 is 0 Å². The number of hydrogen-bond acceptors (Lipinski definition) is 5. The van der Waals surface area contributed by atoms with E-state index in [-0.39, 0.29) is 11.9 Å². The smallest absolute Gasteiger partial charge is 0.223 e. The van der Waals surface area contributed by atoms with E-state index in [0.717, 1.165) is 47.2 Å². The molecule has 0 bridgehead atoms. The summed E-state index contributed by atoms with van der Waals surface area (Å²) in [6.45, 7) is 2.66. The summed E-state index contributed by atoms with van der Waals surface area (Å²) in [6.07, 6.45) is 3.02. The molecule has 0 unspecified atom stereocenters. The van der Waals surface area contributed by atoms with Crippen molar-refractivity contribution in [2.45, 2.75) is 38.6 Å². The molecule has 1 fully saturated rings. The molecule has 1 aliphatic rings. The Morgan fingerprint density at radius 2 is 2.32 bits per heavy atom. The van der Waals surface area contributed by atoms with Crippen molar-refractivity contribution in [1.82, 2.24) is 10.1 Å². The van der Waals surface area contributed by atoms with Crippen LogP contribution >= 0.6 is 11.3 Å². The maximum atomic E-state index is 12.7. The molecule has 0 radical (unpaired) electrons. The van der Waals surface area contributed by atoms with Gasteiger partial charge in [-0.3, -0.25) is 4.79 Å². The summed E-state index contributed by atoms with van der Waals surface area (Å²) in [7, 11) is 0. The average molecular weight is 356 g/mol. The number of aromatic nitrogens is 1. The van der Waals surface area contributed by atoms with Gasteiger partial charge in [-0.05, 0) is 43.3 Å². The fourth-order valence-corrected chi connectivity index (χ4v) is 4.04. The highest BCUT2D eigenvalue weighted by atomic mass is 32.1. The minimum atomic E-state index is 0.0447. The molecule has 25 heavy (non-hydrogen) atoms. The first-order chi connectivity index (χ1) is 12.2. The van der Waals surface area contributed by atoms with E-state index in [4.69, 9.17) is 8.94 Å². The Kier molecular flexibility index (Phi) is 4.44. The zero-order valence-corrected chi connectivity index (χ0v) is 14.9. The lowest BCUT2D eigenvalue weighted by atomic mass is 10.1. The Bertz CT molecular complexity index is 850. The van der Waals surface area contributed by atoms with Crippen LogP contribution in [0.2, 0.25) is 0 Å². The molecular formula is C19H20N2O3S. The second kappa shape index (κ2) is 6.88. The lowest BCUT2D eigenvalue weighted by molar-refractivity contribution is -0.132. The number of aryl methyl sites for hydroxylation is 2. The second-order valence-corrected chi connectivity index (χ2v) is 7.30. The first kappa shape index (κ1) is 16.1. The van der Waals surface area contributed by atoms with E-state index < -0.39 is 0 Å². The number of carbonyl (C=O) groups excluding carboxylic acids is 1. The normalized spacial score (nSPS) is 17.3. The van der Waals surface area contributed by atoms with Crippen molar-refractivity contribution in [3.8, 4) is 10.6 Å². The molecule has 0 spiro atoms. The van der Waals surface area contributed by atoms with Crippen molar-refractivity contribution in [3.05, 3.63) is 52.9 Å². The Morgan fingerprint density at radius 1 is 1.40 bits per heavy atom. The van der Waals surface area contributed by atoms with E-state index in [9.17, 15) is 4.79 Å². The molecular weight excluding hydrogens is 336 g/mol. The van der Waals surface area contributed by atoms with E-state index in [0.29, 0.717) is 12.8 Å². The summed E-state index contributed by atoms with van der Waals surface area (Å²) in [5, 5.41) is 6.12. The molecule has 4 rings (SSSR count). The lowest BCUT2D eigenvalue weighted by Gasteiger charge is -2.22. The summed E-state index contributed by atoms with van der Waals surface area (Å²) in [6, 6.07) is 9.95. The van der Waals surface area contributed by atoms with Gasteiger partial charge in [0.25, 0.3) is 0 Å². The third-order valence-electron chi connectivity index (χ3n) is 4.57. The number of rotatable bonds is 5. The highest BCUT2D eigenvalue weighted by Crippen LogP contribution is 2.32. The fraction of sp³-hybridized carbons (Fsp3) is 0.368. The van der Waals surface area contributed by atoms with Crippen LogP contribution in [0.5, 0.6) is 0 Å². The van der Waals surface area contributed by atoms with Gasteiger partial charge in [-0.25, -0.2) is 0 Å². The molecule has 1 atom stereocenters. The molecule has 1 aliphatic heterocycles. The number of carbonyl (C=O) groups is 1. The molecule has 1 amide bonds. The standard InChI is InChI=1S/C19H20N2O3S/c1-13-12-15(20-24-13)16-4-2-10-21(16)19(22)9-7-14-6-8-17(23-14)18-5-3-11-25-18/h3,5-6,8,11-12,16H,2,4,7,9-10H2,1H3/t16-/m0/s1. The van der Waals surface area contributed by atoms with E-state index in [2.05, 4.69) is 5.16 Å². The van der Waals surface area contributed by atoms with Crippen LogP contribution in [0.25, 0.3) is 10.6 Å². The van der Waals surface area contributed by atoms with Crippen LogP contribution in [0.1, 0.15) is 42.5 Å². The molecule has 1 saturated heterocycles. The minimum absolute atomic E-state index is 0.0447. The topological polar surface area (TPSA) is 59.5 Å². The molecule has 4 heterocycles. The van der Waals surface area contributed by atoms with Gasteiger partial charge >= 0.3 is 0 Å². The summed E-state index contributed by atoms with van der Waals surface area (Å²) < 4.78 is 11.0. The van der Waals surface area contributed by atoms with Crippen molar-refractivity contribution < 1.29 is 13.7 Å². The average Bonchev–Trinajstić information content (AvgIpc) is 3.38. The molecule has 0 saturated carbocycles. The van der Waals surface area contributed by atoms with E-state index in [1.807, 2.05) is 47.5 Å². The maximum absolute atomic E-state index is 12.7. The highest BCUT2D eigenvalue weighted by Gasteiger charge is 2.31. The molecule has 0 aromatic carbocycles. The van der Waals surface area contributed by atoms with E-state index in [1.165, 1.54) is 0 Å². The maximum Gasteiger partial charge on any atom is 0.223 e. The Labute approximate surface area is 150 Å². The lowest BCUT2D eigenvalue weighted by Crippen LogP contribution is -2.30. The predicted molar refractivity (Wildman–Crippen MR) is 95.3 cm³/mol. The first-order valence-corrected chi connectivity index (χ1v) is 9.44. The van der Waals surface area contributed by atoms with Crippen molar-refractivity contribution in [2.75, 3.05) is 6.54 Å².